The molecule has 0 aliphatic carbocycles. The molecule has 2 aromatic rings. The van der Waals surface area contributed by atoms with E-state index in [4.69, 9.17) is 0 Å². The number of hydrogen-bond acceptors (Lipinski definition) is 2. The minimum atomic E-state index is -4.41. The van der Waals surface area contributed by atoms with Gasteiger partial charge in [-0.25, -0.2) is 0 Å². The van der Waals surface area contributed by atoms with Crippen LogP contribution in [0.1, 0.15) is 11.1 Å². The normalized spacial score (nSPS) is 11.4. The van der Waals surface area contributed by atoms with Crippen molar-refractivity contribution in [2.75, 3.05) is 5.32 Å². The molecular formula is C14H11BrF3NO. The maximum Gasteiger partial charge on any atom is 0.418 e. The third-order valence-electron chi connectivity index (χ3n) is 2.77. The fourth-order valence-corrected chi connectivity index (χ4v) is 2.18. The number of anilines is 1. The van der Waals surface area contributed by atoms with Crippen LogP contribution in [0.15, 0.2) is 46.9 Å². The SMILES string of the molecule is Oc1c(Br)cccc1CNc1ccccc1C(F)(F)F. The van der Waals surface area contributed by atoms with Crippen LogP contribution in [-0.4, -0.2) is 5.11 Å². The van der Waals surface area contributed by atoms with Gasteiger partial charge in [0.05, 0.1) is 10.0 Å². The van der Waals surface area contributed by atoms with Gasteiger partial charge in [0.15, 0.2) is 0 Å². The Kier molecular flexibility index (Phi) is 4.23. The first-order chi connectivity index (χ1) is 9.39. The van der Waals surface area contributed by atoms with Crippen molar-refractivity contribution in [1.29, 1.82) is 0 Å². The average molecular weight is 346 g/mol. The van der Waals surface area contributed by atoms with E-state index in [9.17, 15) is 18.3 Å². The predicted molar refractivity (Wildman–Crippen MR) is 74.6 cm³/mol. The third kappa shape index (κ3) is 3.25. The van der Waals surface area contributed by atoms with E-state index in [1.807, 2.05) is 0 Å². The molecule has 0 radical (unpaired) electrons. The number of nitrogens with one attached hydrogen (secondary N) is 1. The fourth-order valence-electron chi connectivity index (χ4n) is 1.78. The third-order valence-corrected chi connectivity index (χ3v) is 3.41. The zero-order valence-electron chi connectivity index (χ0n) is 10.2. The van der Waals surface area contributed by atoms with Crippen molar-refractivity contribution in [2.45, 2.75) is 12.7 Å². The zero-order valence-corrected chi connectivity index (χ0v) is 11.8. The van der Waals surface area contributed by atoms with Gasteiger partial charge in [-0.1, -0.05) is 24.3 Å². The minimum absolute atomic E-state index is 0.0145. The number of aromatic hydroxyl groups is 1. The molecule has 0 bridgehead atoms. The van der Waals surface area contributed by atoms with Crippen LogP contribution in [0, 0.1) is 0 Å². The molecule has 0 spiro atoms. The predicted octanol–water partition coefficient (Wildman–Crippen LogP) is 4.79. The first-order valence-electron chi connectivity index (χ1n) is 5.76. The van der Waals surface area contributed by atoms with Crippen LogP contribution < -0.4 is 5.32 Å². The monoisotopic (exact) mass is 345 g/mol. The molecule has 6 heteroatoms. The molecule has 0 heterocycles. The molecule has 2 aromatic carbocycles. The van der Waals surface area contributed by atoms with Crippen LogP contribution in [0.25, 0.3) is 0 Å². The van der Waals surface area contributed by atoms with Crippen molar-refractivity contribution in [1.82, 2.24) is 0 Å². The standard InChI is InChI=1S/C14H11BrF3NO/c15-11-6-3-4-9(13(11)20)8-19-12-7-2-1-5-10(12)14(16,17)18/h1-7,19-20H,8H2. The van der Waals surface area contributed by atoms with Crippen LogP contribution in [0.4, 0.5) is 18.9 Å². The molecule has 0 fully saturated rings. The van der Waals surface area contributed by atoms with Crippen LogP contribution in [0.2, 0.25) is 0 Å². The van der Waals surface area contributed by atoms with Crippen molar-refractivity contribution in [3.63, 3.8) is 0 Å². The Morgan fingerprint density at radius 1 is 1.05 bits per heavy atom. The molecule has 0 unspecified atom stereocenters. The summed E-state index contributed by atoms with van der Waals surface area (Å²) < 4.78 is 39.0. The lowest BCUT2D eigenvalue weighted by Crippen LogP contribution is -2.10. The van der Waals surface area contributed by atoms with Crippen molar-refractivity contribution in [2.24, 2.45) is 0 Å². The van der Waals surface area contributed by atoms with Gasteiger partial charge in [-0.15, -0.1) is 0 Å². The van der Waals surface area contributed by atoms with Crippen LogP contribution in [0.3, 0.4) is 0 Å². The van der Waals surface area contributed by atoms with Crippen molar-refractivity contribution >= 4 is 21.6 Å². The van der Waals surface area contributed by atoms with Gasteiger partial charge >= 0.3 is 6.18 Å². The summed E-state index contributed by atoms with van der Waals surface area (Å²) in [4.78, 5) is 0. The molecule has 0 aromatic heterocycles. The molecule has 0 atom stereocenters. The highest BCUT2D eigenvalue weighted by molar-refractivity contribution is 9.10. The van der Waals surface area contributed by atoms with Gasteiger partial charge in [0.1, 0.15) is 5.75 Å². The number of benzene rings is 2. The number of hydrogen-bond donors (Lipinski definition) is 2. The average Bonchev–Trinajstić information content (AvgIpc) is 2.40. The highest BCUT2D eigenvalue weighted by atomic mass is 79.9. The van der Waals surface area contributed by atoms with Crippen molar-refractivity contribution < 1.29 is 18.3 Å². The Hall–Kier alpha value is -1.69. The topological polar surface area (TPSA) is 32.3 Å². The van der Waals surface area contributed by atoms with Crippen LogP contribution in [0.5, 0.6) is 5.75 Å². The summed E-state index contributed by atoms with van der Waals surface area (Å²) in [5, 5.41) is 12.5. The molecule has 0 aliphatic rings. The molecule has 2 nitrogen and oxygen atoms in total. The van der Waals surface area contributed by atoms with Crippen LogP contribution in [-0.2, 0) is 12.7 Å². The summed E-state index contributed by atoms with van der Waals surface area (Å²) in [6.07, 6.45) is -4.41. The molecule has 106 valence electrons. The summed E-state index contributed by atoms with van der Waals surface area (Å²) >= 11 is 3.16. The van der Waals surface area contributed by atoms with Gasteiger partial charge in [-0.3, -0.25) is 0 Å². The van der Waals surface area contributed by atoms with Crippen molar-refractivity contribution in [3.8, 4) is 5.75 Å². The summed E-state index contributed by atoms with van der Waals surface area (Å²) in [7, 11) is 0. The van der Waals surface area contributed by atoms with Gasteiger partial charge in [0.25, 0.3) is 0 Å². The molecule has 0 saturated heterocycles. The first kappa shape index (κ1) is 14.7. The maximum absolute atomic E-state index is 12.8. The number of alkyl halides is 3. The molecule has 0 amide bonds. The Balaban J connectivity index is 2.22. The second-order valence-corrected chi connectivity index (χ2v) is 5.00. The van der Waals surface area contributed by atoms with E-state index >= 15 is 0 Å². The lowest BCUT2D eigenvalue weighted by atomic mass is 10.1. The lowest BCUT2D eigenvalue weighted by molar-refractivity contribution is -0.136. The molecular weight excluding hydrogens is 335 g/mol. The lowest BCUT2D eigenvalue weighted by Gasteiger charge is -2.15. The number of phenolic OH excluding ortho intramolecular Hbond substituents is 1. The Bertz CT molecular complexity index is 614. The van der Waals surface area contributed by atoms with Gasteiger partial charge in [-0.05, 0) is 34.1 Å². The second-order valence-electron chi connectivity index (χ2n) is 4.14. The second kappa shape index (κ2) is 5.75. The highest BCUT2D eigenvalue weighted by Gasteiger charge is 2.33. The fraction of sp³-hybridized carbons (Fsp3) is 0.143. The smallest absolute Gasteiger partial charge is 0.418 e. The number of para-hydroxylation sites is 2. The van der Waals surface area contributed by atoms with E-state index < -0.39 is 11.7 Å². The van der Waals surface area contributed by atoms with E-state index in [2.05, 4.69) is 21.2 Å². The van der Waals surface area contributed by atoms with E-state index in [1.165, 1.54) is 18.2 Å². The maximum atomic E-state index is 12.8. The number of halogens is 4. The largest absolute Gasteiger partial charge is 0.506 e. The summed E-state index contributed by atoms with van der Waals surface area (Å²) in [5.41, 5.74) is -0.231. The molecule has 0 aliphatic heterocycles. The molecule has 2 rings (SSSR count). The van der Waals surface area contributed by atoms with Crippen molar-refractivity contribution in [3.05, 3.63) is 58.1 Å². The van der Waals surface area contributed by atoms with Gasteiger partial charge in [0, 0.05) is 17.8 Å². The molecule has 20 heavy (non-hydrogen) atoms. The minimum Gasteiger partial charge on any atom is -0.506 e. The summed E-state index contributed by atoms with van der Waals surface area (Å²) in [5.74, 6) is 0.0180. The Morgan fingerprint density at radius 3 is 2.45 bits per heavy atom. The number of rotatable bonds is 3. The van der Waals surface area contributed by atoms with Gasteiger partial charge in [0.2, 0.25) is 0 Å². The van der Waals surface area contributed by atoms with Gasteiger partial charge < -0.3 is 10.4 Å². The molecule has 0 saturated carbocycles. The molecule has 2 N–H and O–H groups in total. The quantitative estimate of drug-likeness (QED) is 0.838. The Labute approximate surface area is 122 Å². The van der Waals surface area contributed by atoms with E-state index in [-0.39, 0.29) is 18.0 Å². The zero-order chi connectivity index (χ0) is 14.8. The van der Waals surface area contributed by atoms with Crippen LogP contribution >= 0.6 is 15.9 Å². The number of phenols is 1. The summed E-state index contributed by atoms with van der Waals surface area (Å²) in [6.45, 7) is 0.0956. The van der Waals surface area contributed by atoms with E-state index in [0.717, 1.165) is 6.07 Å². The van der Waals surface area contributed by atoms with E-state index in [1.54, 1.807) is 18.2 Å². The van der Waals surface area contributed by atoms with Gasteiger partial charge in [-0.2, -0.15) is 13.2 Å². The Morgan fingerprint density at radius 2 is 1.75 bits per heavy atom. The summed E-state index contributed by atoms with van der Waals surface area (Å²) in [6, 6.07) is 10.2. The van der Waals surface area contributed by atoms with E-state index in [0.29, 0.717) is 10.0 Å². The highest BCUT2D eigenvalue weighted by Crippen LogP contribution is 2.35. The first-order valence-corrected chi connectivity index (χ1v) is 6.55.